The molecule has 0 saturated heterocycles. The quantitative estimate of drug-likeness (QED) is 0.208. The first kappa shape index (κ1) is 27.8. The van der Waals surface area contributed by atoms with E-state index in [9.17, 15) is 0 Å². The van der Waals surface area contributed by atoms with Gasteiger partial charge in [0.05, 0.1) is 11.0 Å². The van der Waals surface area contributed by atoms with Crippen LogP contribution in [-0.2, 0) is 0 Å². The largest absolute Gasteiger partial charge is 0.455 e. The van der Waals surface area contributed by atoms with Gasteiger partial charge in [0.2, 0.25) is 0 Å². The smallest absolute Gasteiger partial charge is 0.142 e. The number of nitrogens with one attached hydrogen (secondary N) is 1. The molecule has 7 aromatic rings. The van der Waals surface area contributed by atoms with Crippen LogP contribution in [0.3, 0.4) is 0 Å². The molecule has 3 heterocycles. The van der Waals surface area contributed by atoms with Crippen LogP contribution in [0.15, 0.2) is 168 Å². The van der Waals surface area contributed by atoms with E-state index < -0.39 is 0 Å². The molecule has 3 aliphatic carbocycles. The molecule has 5 aromatic carbocycles. The number of aromatic nitrogens is 1. The van der Waals surface area contributed by atoms with Crippen LogP contribution in [0.25, 0.3) is 60.6 Å². The number of benzene rings is 5. The van der Waals surface area contributed by atoms with Gasteiger partial charge in [0, 0.05) is 44.6 Å². The van der Waals surface area contributed by atoms with E-state index in [1.165, 1.54) is 71.6 Å². The van der Waals surface area contributed by atoms with Crippen molar-refractivity contribution >= 4 is 60.6 Å². The summed E-state index contributed by atoms with van der Waals surface area (Å²) in [4.78, 5) is 0. The van der Waals surface area contributed by atoms with Crippen LogP contribution in [0.5, 0.6) is 0 Å². The molecule has 1 aliphatic heterocycles. The molecule has 3 nitrogen and oxygen atoms in total. The lowest BCUT2D eigenvalue weighted by molar-refractivity contribution is 0.589. The third-order valence-electron chi connectivity index (χ3n) is 11.4. The molecule has 3 atom stereocenters. The zero-order valence-electron chi connectivity index (χ0n) is 27.5. The van der Waals surface area contributed by atoms with Crippen molar-refractivity contribution in [2.75, 3.05) is 0 Å². The Balaban J connectivity index is 0.987. The molecular weight excluding hydrogens is 609 g/mol. The van der Waals surface area contributed by atoms with Crippen molar-refractivity contribution in [1.29, 1.82) is 0 Å². The summed E-state index contributed by atoms with van der Waals surface area (Å²) in [5.74, 6) is 0.598. The fourth-order valence-electron chi connectivity index (χ4n) is 9.13. The van der Waals surface area contributed by atoms with Gasteiger partial charge in [-0.3, -0.25) is 0 Å². The molecule has 50 heavy (non-hydrogen) atoms. The summed E-state index contributed by atoms with van der Waals surface area (Å²) in [7, 11) is 0. The van der Waals surface area contributed by atoms with Gasteiger partial charge in [-0.25, -0.2) is 0 Å². The summed E-state index contributed by atoms with van der Waals surface area (Å²) in [5, 5.41) is 8.86. The van der Waals surface area contributed by atoms with E-state index in [-0.39, 0.29) is 6.17 Å². The van der Waals surface area contributed by atoms with Crippen molar-refractivity contribution in [3.8, 4) is 0 Å². The standard InChI is InChI=1S/C47H34N2O/c1-2-12-33-32(11-1)40-27-29(31-16-9-17-39-38-15-5-8-21-45(38)50-47(31)39)23-25-34(40)35-26-24-30(28-41(33)35)42-18-10-22-46(48-42)49-43-19-6-3-13-36(43)37-14-4-7-20-44(37)49/h1-22,24,26-28,32-33,46,48H,23,25H2. The summed E-state index contributed by atoms with van der Waals surface area (Å²) >= 11 is 0. The Kier molecular flexibility index (Phi) is 5.97. The molecular formula is C47H34N2O. The van der Waals surface area contributed by atoms with Gasteiger partial charge in [-0.15, -0.1) is 0 Å². The van der Waals surface area contributed by atoms with E-state index in [0.29, 0.717) is 11.8 Å². The molecule has 0 spiro atoms. The highest BCUT2D eigenvalue weighted by molar-refractivity contribution is 6.09. The maximum Gasteiger partial charge on any atom is 0.142 e. The first-order valence-corrected chi connectivity index (χ1v) is 17.8. The molecule has 4 aliphatic rings. The van der Waals surface area contributed by atoms with E-state index in [2.05, 4.69) is 168 Å². The van der Waals surface area contributed by atoms with Gasteiger partial charge in [-0.05, 0) is 82.7 Å². The highest BCUT2D eigenvalue weighted by Crippen LogP contribution is 2.51. The van der Waals surface area contributed by atoms with Crippen molar-refractivity contribution in [3.05, 3.63) is 186 Å². The fraction of sp³-hybridized carbons (Fsp3) is 0.106. The van der Waals surface area contributed by atoms with Crippen LogP contribution in [0.1, 0.15) is 47.2 Å². The lowest BCUT2D eigenvalue weighted by Gasteiger charge is -2.37. The topological polar surface area (TPSA) is 30.1 Å². The van der Waals surface area contributed by atoms with Crippen LogP contribution in [0, 0.1) is 5.92 Å². The molecule has 0 radical (unpaired) electrons. The minimum absolute atomic E-state index is 0.00788. The lowest BCUT2D eigenvalue weighted by atomic mass is 9.66. The Labute approximate surface area is 290 Å². The summed E-state index contributed by atoms with van der Waals surface area (Å²) < 4.78 is 8.92. The molecule has 2 aromatic heterocycles. The number of rotatable bonds is 3. The zero-order valence-corrected chi connectivity index (χ0v) is 27.5. The predicted molar refractivity (Wildman–Crippen MR) is 208 cm³/mol. The zero-order chi connectivity index (χ0) is 32.8. The van der Waals surface area contributed by atoms with E-state index in [0.717, 1.165) is 29.7 Å². The van der Waals surface area contributed by atoms with Crippen molar-refractivity contribution in [3.63, 3.8) is 0 Å². The highest BCUT2D eigenvalue weighted by Gasteiger charge is 2.35. The molecule has 11 rings (SSSR count). The van der Waals surface area contributed by atoms with Gasteiger partial charge in [0.1, 0.15) is 17.3 Å². The van der Waals surface area contributed by atoms with E-state index in [4.69, 9.17) is 4.42 Å². The van der Waals surface area contributed by atoms with Crippen LogP contribution in [0.2, 0.25) is 0 Å². The van der Waals surface area contributed by atoms with Gasteiger partial charge in [-0.1, -0.05) is 121 Å². The lowest BCUT2D eigenvalue weighted by Crippen LogP contribution is -2.26. The monoisotopic (exact) mass is 642 g/mol. The molecule has 1 N–H and O–H groups in total. The number of para-hydroxylation sites is 4. The summed E-state index contributed by atoms with van der Waals surface area (Å²) in [6.45, 7) is 0. The van der Waals surface area contributed by atoms with Crippen LogP contribution >= 0.6 is 0 Å². The second-order valence-electron chi connectivity index (χ2n) is 14.0. The van der Waals surface area contributed by atoms with E-state index >= 15 is 0 Å². The molecule has 3 unspecified atom stereocenters. The summed E-state index contributed by atoms with van der Waals surface area (Å²) in [6, 6.07) is 39.6. The van der Waals surface area contributed by atoms with Gasteiger partial charge in [0.15, 0.2) is 0 Å². The number of hydrogen-bond acceptors (Lipinski definition) is 2. The predicted octanol–water partition coefficient (Wildman–Crippen LogP) is 11.9. The molecule has 3 heteroatoms. The summed E-state index contributed by atoms with van der Waals surface area (Å²) in [5.41, 5.74) is 15.2. The summed E-state index contributed by atoms with van der Waals surface area (Å²) in [6.07, 6.45) is 20.5. The number of nitrogens with zero attached hydrogens (tertiary/aromatic N) is 1. The SMILES string of the molecule is C1=CC2C3=C(CCC(c4cccc5c4oc4ccccc45)=C3)c3ccc(C4=CC=CC(n5c6ccccc6c6ccccc65)N4)cc3C2C=C1. The third-order valence-corrected chi connectivity index (χ3v) is 11.4. The maximum atomic E-state index is 6.48. The third kappa shape index (κ3) is 4.04. The minimum atomic E-state index is 0.00788. The van der Waals surface area contributed by atoms with Crippen LogP contribution < -0.4 is 5.32 Å². The second kappa shape index (κ2) is 10.7. The van der Waals surface area contributed by atoms with Gasteiger partial charge >= 0.3 is 0 Å². The number of hydrogen-bond donors (Lipinski definition) is 1. The minimum Gasteiger partial charge on any atom is -0.455 e. The van der Waals surface area contributed by atoms with Crippen molar-refractivity contribution in [2.45, 2.75) is 24.9 Å². The molecule has 0 amide bonds. The first-order chi connectivity index (χ1) is 24.8. The van der Waals surface area contributed by atoms with E-state index in [1.807, 2.05) is 0 Å². The first-order valence-electron chi connectivity index (χ1n) is 17.8. The van der Waals surface area contributed by atoms with Crippen LogP contribution in [0.4, 0.5) is 0 Å². The van der Waals surface area contributed by atoms with Crippen molar-refractivity contribution < 1.29 is 4.42 Å². The average molecular weight is 643 g/mol. The Morgan fingerprint density at radius 3 is 2.20 bits per heavy atom. The normalized spacial score (nSPS) is 20.9. The number of fused-ring (bicyclic) bond motifs is 11. The Hall–Kier alpha value is -6.06. The van der Waals surface area contributed by atoms with Crippen molar-refractivity contribution in [2.24, 2.45) is 5.92 Å². The van der Waals surface area contributed by atoms with E-state index in [1.54, 1.807) is 0 Å². The number of furan rings is 1. The van der Waals surface area contributed by atoms with Gasteiger partial charge in [0.25, 0.3) is 0 Å². The highest BCUT2D eigenvalue weighted by atomic mass is 16.3. The Bertz CT molecular complexity index is 2700. The molecule has 0 saturated carbocycles. The molecule has 0 bridgehead atoms. The fourth-order valence-corrected chi connectivity index (χ4v) is 9.13. The van der Waals surface area contributed by atoms with Crippen LogP contribution in [-0.4, -0.2) is 4.57 Å². The van der Waals surface area contributed by atoms with Gasteiger partial charge < -0.3 is 14.3 Å². The second-order valence-corrected chi connectivity index (χ2v) is 14.0. The number of allylic oxidation sites excluding steroid dienone is 10. The molecule has 0 fully saturated rings. The Morgan fingerprint density at radius 2 is 1.36 bits per heavy atom. The average Bonchev–Trinajstić information content (AvgIpc) is 3.74. The number of dihydropyridines is 1. The van der Waals surface area contributed by atoms with Crippen molar-refractivity contribution in [1.82, 2.24) is 9.88 Å². The maximum absolute atomic E-state index is 6.48. The van der Waals surface area contributed by atoms with Gasteiger partial charge in [-0.2, -0.15) is 0 Å². The Morgan fingerprint density at radius 1 is 0.620 bits per heavy atom. The molecule has 238 valence electrons.